The Morgan fingerprint density at radius 3 is 2.89 bits per heavy atom. The Balaban J connectivity index is 1.66. The van der Waals surface area contributed by atoms with Crippen LogP contribution in [0.5, 0.6) is 0 Å². The number of nitrogens with zero attached hydrogens (tertiary/aromatic N) is 1. The van der Waals surface area contributed by atoms with E-state index >= 15 is 0 Å². The lowest BCUT2D eigenvalue weighted by molar-refractivity contribution is -0.131. The van der Waals surface area contributed by atoms with Gasteiger partial charge in [0.25, 0.3) is 0 Å². The summed E-state index contributed by atoms with van der Waals surface area (Å²) in [5, 5.41) is 4.08. The maximum atomic E-state index is 12.3. The van der Waals surface area contributed by atoms with Crippen molar-refractivity contribution in [1.29, 1.82) is 0 Å². The molecule has 2 aliphatic heterocycles. The Kier molecular flexibility index (Phi) is 3.27. The number of likely N-dealkylation sites (tertiary alicyclic amines) is 1. The zero-order chi connectivity index (χ0) is 12.5. The number of benzene rings is 1. The quantitative estimate of drug-likeness (QED) is 0.882. The van der Waals surface area contributed by atoms with Crippen molar-refractivity contribution in [2.24, 2.45) is 5.92 Å². The molecule has 1 aromatic rings. The van der Waals surface area contributed by atoms with Crippen molar-refractivity contribution in [1.82, 2.24) is 10.2 Å². The second kappa shape index (κ2) is 4.90. The highest BCUT2D eigenvalue weighted by atomic mass is 35.5. The van der Waals surface area contributed by atoms with Gasteiger partial charge in [0.2, 0.25) is 5.91 Å². The molecule has 2 heterocycles. The van der Waals surface area contributed by atoms with Crippen LogP contribution in [0.4, 0.5) is 0 Å². The number of hydrogen-bond acceptors (Lipinski definition) is 2. The van der Waals surface area contributed by atoms with Crippen molar-refractivity contribution in [3.05, 3.63) is 34.9 Å². The van der Waals surface area contributed by atoms with Crippen LogP contribution < -0.4 is 5.32 Å². The number of carbonyl (C=O) groups excluding carboxylic acids is 1. The number of nitrogens with one attached hydrogen (secondary N) is 1. The fourth-order valence-electron chi connectivity index (χ4n) is 3.04. The number of fused-ring (bicyclic) bond motifs is 1. The van der Waals surface area contributed by atoms with E-state index in [0.717, 1.165) is 31.6 Å². The summed E-state index contributed by atoms with van der Waals surface area (Å²) in [6.45, 7) is 2.94. The third-order valence-corrected chi connectivity index (χ3v) is 4.29. The Hall–Kier alpha value is -1.06. The molecule has 0 radical (unpaired) electrons. The topological polar surface area (TPSA) is 32.3 Å². The van der Waals surface area contributed by atoms with E-state index in [4.69, 9.17) is 11.6 Å². The fraction of sp³-hybridized carbons (Fsp3) is 0.500. The highest BCUT2D eigenvalue weighted by Crippen LogP contribution is 2.27. The van der Waals surface area contributed by atoms with Gasteiger partial charge in [-0.05, 0) is 30.0 Å². The molecule has 2 atom stereocenters. The van der Waals surface area contributed by atoms with E-state index in [1.54, 1.807) is 0 Å². The third kappa shape index (κ3) is 2.25. The van der Waals surface area contributed by atoms with Gasteiger partial charge in [-0.2, -0.15) is 0 Å². The van der Waals surface area contributed by atoms with Gasteiger partial charge in [0.1, 0.15) is 0 Å². The molecule has 1 N–H and O–H groups in total. The molecule has 0 bridgehead atoms. The molecule has 0 aliphatic carbocycles. The molecule has 2 aliphatic rings. The van der Waals surface area contributed by atoms with Crippen LogP contribution in [0.25, 0.3) is 0 Å². The monoisotopic (exact) mass is 264 g/mol. The Morgan fingerprint density at radius 1 is 1.33 bits per heavy atom. The molecule has 2 saturated heterocycles. The van der Waals surface area contributed by atoms with E-state index in [-0.39, 0.29) is 5.91 Å². The van der Waals surface area contributed by atoms with Crippen LogP contribution in [-0.4, -0.2) is 36.5 Å². The van der Waals surface area contributed by atoms with Gasteiger partial charge in [0, 0.05) is 30.7 Å². The van der Waals surface area contributed by atoms with E-state index in [1.165, 1.54) is 0 Å². The van der Waals surface area contributed by atoms with E-state index in [1.807, 2.05) is 24.3 Å². The minimum absolute atomic E-state index is 0.244. The summed E-state index contributed by atoms with van der Waals surface area (Å²) in [6, 6.07) is 7.97. The van der Waals surface area contributed by atoms with Gasteiger partial charge >= 0.3 is 0 Å². The molecule has 0 aromatic heterocycles. The van der Waals surface area contributed by atoms with Crippen LogP contribution in [0, 0.1) is 5.92 Å². The molecular weight excluding hydrogens is 248 g/mol. The largest absolute Gasteiger partial charge is 0.338 e. The second-order valence-electron chi connectivity index (χ2n) is 5.16. The first-order valence-corrected chi connectivity index (χ1v) is 6.86. The number of hydrogen-bond donors (Lipinski definition) is 1. The van der Waals surface area contributed by atoms with Gasteiger partial charge in [0.05, 0.1) is 6.42 Å². The molecule has 3 rings (SSSR count). The molecule has 0 saturated carbocycles. The first-order chi connectivity index (χ1) is 8.74. The van der Waals surface area contributed by atoms with E-state index < -0.39 is 0 Å². The molecule has 96 valence electrons. The van der Waals surface area contributed by atoms with Gasteiger partial charge in [-0.25, -0.2) is 0 Å². The number of halogens is 1. The Morgan fingerprint density at radius 2 is 2.11 bits per heavy atom. The normalized spacial score (nSPS) is 26.4. The Bertz CT molecular complexity index is 446. The predicted molar refractivity (Wildman–Crippen MR) is 71.6 cm³/mol. The minimum atomic E-state index is 0.244. The molecule has 18 heavy (non-hydrogen) atoms. The number of amides is 1. The first-order valence-electron chi connectivity index (χ1n) is 6.48. The maximum absolute atomic E-state index is 12.3. The summed E-state index contributed by atoms with van der Waals surface area (Å²) in [7, 11) is 0. The summed E-state index contributed by atoms with van der Waals surface area (Å²) in [5.74, 6) is 0.910. The van der Waals surface area contributed by atoms with Crippen molar-refractivity contribution in [3.63, 3.8) is 0 Å². The maximum Gasteiger partial charge on any atom is 0.227 e. The number of rotatable bonds is 2. The molecule has 1 amide bonds. The van der Waals surface area contributed by atoms with Crippen LogP contribution >= 0.6 is 11.6 Å². The van der Waals surface area contributed by atoms with Crippen LogP contribution in [0.2, 0.25) is 5.02 Å². The minimum Gasteiger partial charge on any atom is -0.338 e. The average Bonchev–Trinajstić information content (AvgIpc) is 2.93. The van der Waals surface area contributed by atoms with Gasteiger partial charge in [0.15, 0.2) is 0 Å². The van der Waals surface area contributed by atoms with E-state index in [9.17, 15) is 4.79 Å². The lowest BCUT2D eigenvalue weighted by Gasteiger charge is -2.23. The zero-order valence-corrected chi connectivity index (χ0v) is 11.0. The van der Waals surface area contributed by atoms with Gasteiger partial charge in [-0.1, -0.05) is 23.7 Å². The highest BCUT2D eigenvalue weighted by molar-refractivity contribution is 6.30. The number of carbonyl (C=O) groups is 1. The third-order valence-electron chi connectivity index (χ3n) is 4.03. The van der Waals surface area contributed by atoms with Crippen molar-refractivity contribution in [2.45, 2.75) is 18.9 Å². The highest BCUT2D eigenvalue weighted by Gasteiger charge is 2.39. The average molecular weight is 265 g/mol. The van der Waals surface area contributed by atoms with Crippen molar-refractivity contribution in [3.8, 4) is 0 Å². The molecule has 2 fully saturated rings. The summed E-state index contributed by atoms with van der Waals surface area (Å²) in [4.78, 5) is 14.4. The van der Waals surface area contributed by atoms with Crippen LogP contribution in [0.3, 0.4) is 0 Å². The predicted octanol–water partition coefficient (Wildman–Crippen LogP) is 1.70. The summed E-state index contributed by atoms with van der Waals surface area (Å²) in [5.41, 5.74) is 1.04. The van der Waals surface area contributed by atoms with Gasteiger partial charge < -0.3 is 10.2 Å². The summed E-state index contributed by atoms with van der Waals surface area (Å²) >= 11 is 5.84. The molecule has 0 unspecified atom stereocenters. The van der Waals surface area contributed by atoms with Crippen molar-refractivity contribution < 1.29 is 4.79 Å². The van der Waals surface area contributed by atoms with Crippen molar-refractivity contribution in [2.75, 3.05) is 19.6 Å². The molecule has 4 heteroatoms. The van der Waals surface area contributed by atoms with Crippen LogP contribution in [0.15, 0.2) is 24.3 Å². The van der Waals surface area contributed by atoms with E-state index in [2.05, 4.69) is 10.2 Å². The smallest absolute Gasteiger partial charge is 0.227 e. The standard InChI is InChI=1S/C14H17ClN2O/c15-12-3-1-10(2-4-12)7-14(18)17-6-5-11-8-16-9-13(11)17/h1-4,11,13,16H,5-9H2/t11-,13+/m1/s1. The van der Waals surface area contributed by atoms with Gasteiger partial charge in [-0.3, -0.25) is 4.79 Å². The van der Waals surface area contributed by atoms with E-state index in [0.29, 0.717) is 23.4 Å². The molecule has 1 aromatic carbocycles. The fourth-order valence-corrected chi connectivity index (χ4v) is 3.16. The molecular formula is C14H17ClN2O. The summed E-state index contributed by atoms with van der Waals surface area (Å²) in [6.07, 6.45) is 1.63. The molecule has 3 nitrogen and oxygen atoms in total. The van der Waals surface area contributed by atoms with Gasteiger partial charge in [-0.15, -0.1) is 0 Å². The van der Waals surface area contributed by atoms with Crippen LogP contribution in [-0.2, 0) is 11.2 Å². The lowest BCUT2D eigenvalue weighted by Crippen LogP contribution is -2.39. The lowest BCUT2D eigenvalue weighted by atomic mass is 10.0. The van der Waals surface area contributed by atoms with Crippen molar-refractivity contribution >= 4 is 17.5 Å². The van der Waals surface area contributed by atoms with Crippen LogP contribution in [0.1, 0.15) is 12.0 Å². The first kappa shape index (κ1) is 12.0. The summed E-state index contributed by atoms with van der Waals surface area (Å²) < 4.78 is 0. The second-order valence-corrected chi connectivity index (χ2v) is 5.60. The Labute approximate surface area is 112 Å². The molecule has 0 spiro atoms. The zero-order valence-electron chi connectivity index (χ0n) is 10.2. The SMILES string of the molecule is O=C(Cc1ccc(Cl)cc1)N1CC[C@@H]2CNC[C@@H]21.